The largest absolute Gasteiger partial charge is 0.325 e. The first-order valence-electron chi connectivity index (χ1n) is 9.82. The molecule has 0 unspecified atom stereocenters. The fourth-order valence-corrected chi connectivity index (χ4v) is 5.15. The van der Waals surface area contributed by atoms with E-state index in [-0.39, 0.29) is 17.2 Å². The average Bonchev–Trinajstić information content (AvgIpc) is 2.96. The van der Waals surface area contributed by atoms with Crippen molar-refractivity contribution in [1.82, 2.24) is 9.55 Å². The third-order valence-corrected chi connectivity index (χ3v) is 7.14. The molecule has 29 heavy (non-hydrogen) atoms. The summed E-state index contributed by atoms with van der Waals surface area (Å²) in [7, 11) is 0. The lowest BCUT2D eigenvalue weighted by Crippen LogP contribution is -2.24. The van der Waals surface area contributed by atoms with Gasteiger partial charge in [-0.1, -0.05) is 43.3 Å². The minimum absolute atomic E-state index is 0.00274. The lowest BCUT2D eigenvalue weighted by molar-refractivity contribution is -0.113. The van der Waals surface area contributed by atoms with Crippen molar-refractivity contribution in [3.05, 3.63) is 50.1 Å². The molecule has 3 aromatic rings. The summed E-state index contributed by atoms with van der Waals surface area (Å²) in [6.07, 6.45) is 1.89. The molecule has 0 fully saturated rings. The maximum Gasteiger partial charge on any atom is 0.263 e. The number of aromatic nitrogens is 2. The number of thioether (sulfide) groups is 1. The number of benzene rings is 1. The maximum atomic E-state index is 13.1. The summed E-state index contributed by atoms with van der Waals surface area (Å²) in [4.78, 5) is 32.3. The predicted molar refractivity (Wildman–Crippen MR) is 124 cm³/mol. The zero-order valence-electron chi connectivity index (χ0n) is 17.6. The molecule has 0 bridgehead atoms. The van der Waals surface area contributed by atoms with Gasteiger partial charge in [0.1, 0.15) is 4.83 Å². The molecule has 0 aliphatic rings. The van der Waals surface area contributed by atoms with E-state index in [4.69, 9.17) is 4.98 Å². The van der Waals surface area contributed by atoms with Gasteiger partial charge in [0.05, 0.1) is 11.1 Å². The topological polar surface area (TPSA) is 64.0 Å². The molecule has 0 radical (unpaired) electrons. The second-order valence-electron chi connectivity index (χ2n) is 7.27. The zero-order valence-corrected chi connectivity index (χ0v) is 19.2. The Balaban J connectivity index is 1.87. The van der Waals surface area contributed by atoms with Crippen LogP contribution in [-0.2, 0) is 11.3 Å². The van der Waals surface area contributed by atoms with Gasteiger partial charge in [-0.25, -0.2) is 4.98 Å². The van der Waals surface area contributed by atoms with Crippen molar-refractivity contribution in [1.29, 1.82) is 0 Å². The Morgan fingerprint density at radius 2 is 1.90 bits per heavy atom. The third kappa shape index (κ3) is 4.56. The molecule has 0 saturated heterocycles. The van der Waals surface area contributed by atoms with Gasteiger partial charge in [0, 0.05) is 17.1 Å². The number of rotatable bonds is 7. The van der Waals surface area contributed by atoms with E-state index in [1.807, 2.05) is 45.9 Å². The van der Waals surface area contributed by atoms with Gasteiger partial charge in [0.15, 0.2) is 5.16 Å². The molecular weight excluding hydrogens is 402 g/mol. The number of hydrogen-bond acceptors (Lipinski definition) is 5. The Morgan fingerprint density at radius 3 is 2.55 bits per heavy atom. The number of carbonyl (C=O) groups is 1. The number of amides is 1. The molecule has 3 rings (SSSR count). The normalized spacial score (nSPS) is 11.2. The molecule has 1 N–H and O–H groups in total. The van der Waals surface area contributed by atoms with Crippen LogP contribution in [-0.4, -0.2) is 21.2 Å². The van der Waals surface area contributed by atoms with Crippen LogP contribution in [0, 0.1) is 27.7 Å². The minimum atomic E-state index is -0.0951. The molecule has 154 valence electrons. The Hall–Kier alpha value is -2.12. The Bertz CT molecular complexity index is 1100. The summed E-state index contributed by atoms with van der Waals surface area (Å²) in [6.45, 7) is 10.7. The molecule has 1 amide bonds. The fraction of sp³-hybridized carbons (Fsp3) is 0.409. The van der Waals surface area contributed by atoms with Gasteiger partial charge in [0.2, 0.25) is 5.91 Å². The van der Waals surface area contributed by atoms with Crippen LogP contribution in [0.15, 0.2) is 28.2 Å². The number of nitrogens with zero attached hydrogens (tertiary/aromatic N) is 2. The van der Waals surface area contributed by atoms with E-state index in [0.29, 0.717) is 17.1 Å². The van der Waals surface area contributed by atoms with E-state index in [1.165, 1.54) is 11.8 Å². The number of unbranched alkanes of at least 4 members (excludes halogenated alkanes) is 1. The summed E-state index contributed by atoms with van der Waals surface area (Å²) >= 11 is 2.87. The second kappa shape index (κ2) is 9.13. The summed E-state index contributed by atoms with van der Waals surface area (Å²) in [6, 6.07) is 5.94. The molecular formula is C22H27N3O2S2. The smallest absolute Gasteiger partial charge is 0.263 e. The fourth-order valence-electron chi connectivity index (χ4n) is 3.25. The van der Waals surface area contributed by atoms with Gasteiger partial charge in [-0.15, -0.1) is 11.3 Å². The zero-order chi connectivity index (χ0) is 21.1. The van der Waals surface area contributed by atoms with Crippen molar-refractivity contribution in [2.45, 2.75) is 59.2 Å². The van der Waals surface area contributed by atoms with Crippen LogP contribution in [0.25, 0.3) is 10.2 Å². The van der Waals surface area contributed by atoms with Crippen LogP contribution in [0.2, 0.25) is 0 Å². The molecule has 0 aliphatic heterocycles. The third-order valence-electron chi connectivity index (χ3n) is 5.07. The first kappa shape index (κ1) is 21.6. The molecule has 2 heterocycles. The van der Waals surface area contributed by atoms with Crippen LogP contribution in [0.5, 0.6) is 0 Å². The maximum absolute atomic E-state index is 13.1. The summed E-state index contributed by atoms with van der Waals surface area (Å²) in [5, 5.41) is 4.34. The van der Waals surface area contributed by atoms with Gasteiger partial charge >= 0.3 is 0 Å². The molecule has 0 atom stereocenters. The van der Waals surface area contributed by atoms with E-state index < -0.39 is 0 Å². The number of anilines is 1. The number of nitrogens with one attached hydrogen (secondary N) is 1. The van der Waals surface area contributed by atoms with Crippen LogP contribution < -0.4 is 10.9 Å². The molecule has 2 aromatic heterocycles. The molecule has 0 saturated carbocycles. The Kier molecular flexibility index (Phi) is 6.80. The number of fused-ring (bicyclic) bond motifs is 1. The highest BCUT2D eigenvalue weighted by atomic mass is 32.2. The SMILES string of the molecule is CCCCn1c(SCC(=O)Nc2c(C)cccc2C)nc2sc(C)c(C)c2c1=O. The highest BCUT2D eigenvalue weighted by Crippen LogP contribution is 2.29. The second-order valence-corrected chi connectivity index (χ2v) is 9.42. The summed E-state index contributed by atoms with van der Waals surface area (Å²) in [5.41, 5.74) is 3.94. The van der Waals surface area contributed by atoms with E-state index in [9.17, 15) is 9.59 Å². The van der Waals surface area contributed by atoms with Crippen molar-refractivity contribution < 1.29 is 4.79 Å². The van der Waals surface area contributed by atoms with Crippen LogP contribution in [0.3, 0.4) is 0 Å². The van der Waals surface area contributed by atoms with Gasteiger partial charge in [-0.05, 0) is 50.8 Å². The number of hydrogen-bond donors (Lipinski definition) is 1. The molecule has 1 aromatic carbocycles. The molecule has 0 aliphatic carbocycles. The van der Waals surface area contributed by atoms with Gasteiger partial charge in [-0.3, -0.25) is 14.2 Å². The lowest BCUT2D eigenvalue weighted by Gasteiger charge is -2.13. The molecule has 0 spiro atoms. The number of carbonyl (C=O) groups excluding carboxylic acids is 1. The summed E-state index contributed by atoms with van der Waals surface area (Å²) < 4.78 is 1.74. The predicted octanol–water partition coefficient (Wildman–Crippen LogP) is 5.22. The minimum Gasteiger partial charge on any atom is -0.325 e. The van der Waals surface area contributed by atoms with Crippen LogP contribution in [0.1, 0.15) is 41.3 Å². The lowest BCUT2D eigenvalue weighted by atomic mass is 10.1. The Morgan fingerprint density at radius 1 is 1.21 bits per heavy atom. The average molecular weight is 430 g/mol. The highest BCUT2D eigenvalue weighted by molar-refractivity contribution is 7.99. The number of para-hydroxylation sites is 1. The first-order chi connectivity index (χ1) is 13.8. The van der Waals surface area contributed by atoms with Gasteiger partial charge in [-0.2, -0.15) is 0 Å². The van der Waals surface area contributed by atoms with Gasteiger partial charge in [0.25, 0.3) is 5.56 Å². The van der Waals surface area contributed by atoms with Gasteiger partial charge < -0.3 is 5.32 Å². The monoisotopic (exact) mass is 429 g/mol. The Labute approximate surface area is 179 Å². The first-order valence-corrected chi connectivity index (χ1v) is 11.6. The number of thiophene rings is 1. The van der Waals surface area contributed by atoms with Crippen molar-refractivity contribution in [3.8, 4) is 0 Å². The molecule has 7 heteroatoms. The van der Waals surface area contributed by atoms with E-state index in [2.05, 4.69) is 12.2 Å². The quantitative estimate of drug-likeness (QED) is 0.413. The van der Waals surface area contributed by atoms with E-state index in [1.54, 1.807) is 15.9 Å². The van der Waals surface area contributed by atoms with E-state index >= 15 is 0 Å². The van der Waals surface area contributed by atoms with Crippen molar-refractivity contribution >= 4 is 44.9 Å². The summed E-state index contributed by atoms with van der Waals surface area (Å²) in [5.74, 6) is 0.114. The van der Waals surface area contributed by atoms with Crippen molar-refractivity contribution in [3.63, 3.8) is 0 Å². The standard InChI is InChI=1S/C22H27N3O2S2/c1-6-7-11-25-21(27)18-15(4)16(5)29-20(18)24-22(25)28-12-17(26)23-19-13(2)9-8-10-14(19)3/h8-10H,6-7,11-12H2,1-5H3,(H,23,26). The van der Waals surface area contributed by atoms with Crippen LogP contribution in [0.4, 0.5) is 5.69 Å². The van der Waals surface area contributed by atoms with Crippen molar-refractivity contribution in [2.24, 2.45) is 0 Å². The highest BCUT2D eigenvalue weighted by Gasteiger charge is 2.18. The van der Waals surface area contributed by atoms with E-state index in [0.717, 1.165) is 44.9 Å². The molecule has 5 nitrogen and oxygen atoms in total. The van der Waals surface area contributed by atoms with Crippen molar-refractivity contribution in [2.75, 3.05) is 11.1 Å². The van der Waals surface area contributed by atoms with Crippen LogP contribution >= 0.6 is 23.1 Å². The number of aryl methyl sites for hydroxylation is 4.